The van der Waals surface area contributed by atoms with Crippen molar-refractivity contribution in [1.82, 2.24) is 24.9 Å². The molecule has 0 aliphatic carbocycles. The molecule has 3 aromatic rings. The van der Waals surface area contributed by atoms with Crippen molar-refractivity contribution < 1.29 is 14.6 Å². The summed E-state index contributed by atoms with van der Waals surface area (Å²) in [6.07, 6.45) is 2.83. The Labute approximate surface area is 183 Å². The van der Waals surface area contributed by atoms with Gasteiger partial charge in [0.2, 0.25) is 5.13 Å². The SMILES string of the molecule is CC(C)Oc1ccc(-c2nnc(-n3cc4c(n3)CCN(CCC(=O)O)C4)s2)cc1C#N. The predicted octanol–water partition coefficient (Wildman–Crippen LogP) is 2.88. The van der Waals surface area contributed by atoms with Crippen molar-refractivity contribution in [3.8, 4) is 27.5 Å². The van der Waals surface area contributed by atoms with E-state index in [1.54, 1.807) is 16.8 Å². The summed E-state index contributed by atoms with van der Waals surface area (Å²) in [4.78, 5) is 12.9. The number of aliphatic carboxylic acids is 1. The van der Waals surface area contributed by atoms with Gasteiger partial charge in [-0.25, -0.2) is 4.68 Å². The highest BCUT2D eigenvalue weighted by Crippen LogP contribution is 2.30. The number of aromatic nitrogens is 4. The summed E-state index contributed by atoms with van der Waals surface area (Å²) in [7, 11) is 0. The van der Waals surface area contributed by atoms with Crippen LogP contribution in [0.4, 0.5) is 0 Å². The molecule has 2 aromatic heterocycles. The number of ether oxygens (including phenoxy) is 1. The summed E-state index contributed by atoms with van der Waals surface area (Å²) in [6.45, 7) is 5.83. The zero-order valence-electron chi connectivity index (χ0n) is 17.3. The number of benzene rings is 1. The fraction of sp³-hybridized carbons (Fsp3) is 0.381. The minimum absolute atomic E-state index is 0.0167. The minimum atomic E-state index is -0.786. The van der Waals surface area contributed by atoms with E-state index in [1.807, 2.05) is 26.1 Å². The largest absolute Gasteiger partial charge is 0.490 e. The third-order valence-corrected chi connectivity index (χ3v) is 5.86. The van der Waals surface area contributed by atoms with Gasteiger partial charge in [-0.2, -0.15) is 10.4 Å². The van der Waals surface area contributed by atoms with Crippen LogP contribution in [0.15, 0.2) is 24.4 Å². The first-order valence-corrected chi connectivity index (χ1v) is 10.8. The maximum Gasteiger partial charge on any atom is 0.304 e. The Morgan fingerprint density at radius 3 is 2.97 bits per heavy atom. The summed E-state index contributed by atoms with van der Waals surface area (Å²) in [5.41, 5.74) is 3.34. The normalized spacial score (nSPS) is 13.7. The molecule has 1 aromatic carbocycles. The number of nitrogens with zero attached hydrogens (tertiary/aromatic N) is 6. The van der Waals surface area contributed by atoms with Gasteiger partial charge in [-0.15, -0.1) is 10.2 Å². The van der Waals surface area contributed by atoms with Crippen molar-refractivity contribution in [2.75, 3.05) is 13.1 Å². The van der Waals surface area contributed by atoms with Gasteiger partial charge in [0.1, 0.15) is 16.8 Å². The van der Waals surface area contributed by atoms with Gasteiger partial charge in [-0.05, 0) is 32.0 Å². The number of fused-ring (bicyclic) bond motifs is 1. The van der Waals surface area contributed by atoms with Gasteiger partial charge in [0, 0.05) is 43.4 Å². The van der Waals surface area contributed by atoms with Crippen molar-refractivity contribution in [3.63, 3.8) is 0 Å². The second kappa shape index (κ2) is 8.83. The van der Waals surface area contributed by atoms with Gasteiger partial charge >= 0.3 is 5.97 Å². The fourth-order valence-corrected chi connectivity index (χ4v) is 4.21. The molecule has 1 aliphatic heterocycles. The van der Waals surface area contributed by atoms with E-state index in [2.05, 4.69) is 26.3 Å². The smallest absolute Gasteiger partial charge is 0.304 e. The molecule has 160 valence electrons. The maximum absolute atomic E-state index is 10.8. The van der Waals surface area contributed by atoms with Crippen LogP contribution in [0.5, 0.6) is 5.75 Å². The van der Waals surface area contributed by atoms with Crippen molar-refractivity contribution in [1.29, 1.82) is 5.26 Å². The first kappa shape index (κ1) is 21.0. The van der Waals surface area contributed by atoms with E-state index in [0.717, 1.165) is 29.8 Å². The Bertz CT molecular complexity index is 1150. The molecule has 9 nitrogen and oxygen atoms in total. The molecule has 10 heteroatoms. The summed E-state index contributed by atoms with van der Waals surface area (Å²) < 4.78 is 7.41. The molecule has 1 N–H and O–H groups in total. The Morgan fingerprint density at radius 2 is 2.23 bits per heavy atom. The van der Waals surface area contributed by atoms with Crippen LogP contribution < -0.4 is 4.74 Å². The van der Waals surface area contributed by atoms with Crippen LogP contribution in [0, 0.1) is 11.3 Å². The van der Waals surface area contributed by atoms with Crippen LogP contribution in [0.1, 0.15) is 37.1 Å². The lowest BCUT2D eigenvalue weighted by molar-refractivity contribution is -0.137. The van der Waals surface area contributed by atoms with Crippen molar-refractivity contribution >= 4 is 17.3 Å². The molecule has 0 saturated heterocycles. The predicted molar refractivity (Wildman–Crippen MR) is 114 cm³/mol. The van der Waals surface area contributed by atoms with Gasteiger partial charge in [0.05, 0.1) is 23.8 Å². The number of carboxylic acids is 1. The number of carbonyl (C=O) groups is 1. The standard InChI is InChI=1S/C21H22N6O3S/c1-13(2)30-18-4-3-14(9-15(18)10-22)20-23-24-21(31-20)27-12-16-11-26(8-6-19(28)29)7-5-17(16)25-27/h3-4,9,12-13H,5-8,11H2,1-2H3,(H,28,29). The molecule has 0 bridgehead atoms. The lowest BCUT2D eigenvalue weighted by atomic mass is 10.1. The van der Waals surface area contributed by atoms with Crippen LogP contribution >= 0.6 is 11.3 Å². The Balaban J connectivity index is 1.53. The van der Waals surface area contributed by atoms with Crippen LogP contribution in [0.2, 0.25) is 0 Å². The fourth-order valence-electron chi connectivity index (χ4n) is 3.45. The highest BCUT2D eigenvalue weighted by molar-refractivity contribution is 7.17. The lowest BCUT2D eigenvalue weighted by Crippen LogP contribution is -2.31. The average molecular weight is 439 g/mol. The molecule has 0 unspecified atom stereocenters. The highest BCUT2D eigenvalue weighted by Gasteiger charge is 2.21. The van der Waals surface area contributed by atoms with E-state index < -0.39 is 5.97 Å². The lowest BCUT2D eigenvalue weighted by Gasteiger charge is -2.25. The van der Waals surface area contributed by atoms with E-state index in [-0.39, 0.29) is 12.5 Å². The van der Waals surface area contributed by atoms with Gasteiger partial charge in [-0.3, -0.25) is 9.69 Å². The number of nitriles is 1. The Kier molecular flexibility index (Phi) is 5.97. The third-order valence-electron chi connectivity index (χ3n) is 4.90. The molecule has 0 amide bonds. The molecule has 3 heterocycles. The van der Waals surface area contributed by atoms with Crippen LogP contribution in [-0.4, -0.2) is 55.1 Å². The van der Waals surface area contributed by atoms with E-state index in [9.17, 15) is 10.1 Å². The highest BCUT2D eigenvalue weighted by atomic mass is 32.1. The first-order valence-electron chi connectivity index (χ1n) is 9.99. The first-order chi connectivity index (χ1) is 14.9. The van der Waals surface area contributed by atoms with Gasteiger partial charge < -0.3 is 9.84 Å². The van der Waals surface area contributed by atoms with Gasteiger partial charge in [-0.1, -0.05) is 11.3 Å². The third kappa shape index (κ3) is 4.73. The van der Waals surface area contributed by atoms with Crippen LogP contribution in [0.25, 0.3) is 15.7 Å². The monoisotopic (exact) mass is 438 g/mol. The van der Waals surface area contributed by atoms with E-state index in [4.69, 9.17) is 9.84 Å². The maximum atomic E-state index is 10.8. The van der Waals surface area contributed by atoms with Crippen LogP contribution in [-0.2, 0) is 17.8 Å². The molecule has 0 saturated carbocycles. The topological polar surface area (TPSA) is 117 Å². The molecule has 0 fully saturated rings. The summed E-state index contributed by atoms with van der Waals surface area (Å²) in [5, 5.41) is 32.9. The van der Waals surface area contributed by atoms with Gasteiger partial charge in [0.15, 0.2) is 0 Å². The number of rotatable bonds is 7. The average Bonchev–Trinajstić information content (AvgIpc) is 3.38. The van der Waals surface area contributed by atoms with Crippen molar-refractivity contribution in [2.24, 2.45) is 0 Å². The van der Waals surface area contributed by atoms with E-state index >= 15 is 0 Å². The summed E-state index contributed by atoms with van der Waals surface area (Å²) in [6, 6.07) is 7.59. The molecule has 1 aliphatic rings. The molecular weight excluding hydrogens is 416 g/mol. The molecule has 4 rings (SSSR count). The van der Waals surface area contributed by atoms with E-state index in [0.29, 0.717) is 34.5 Å². The summed E-state index contributed by atoms with van der Waals surface area (Å²) in [5.74, 6) is -0.232. The molecule has 0 atom stereocenters. The quantitative estimate of drug-likeness (QED) is 0.598. The Morgan fingerprint density at radius 1 is 1.39 bits per heavy atom. The molecule has 0 spiro atoms. The van der Waals surface area contributed by atoms with E-state index in [1.165, 1.54) is 11.3 Å². The number of carboxylic acid groups (broad SMARTS) is 1. The zero-order valence-corrected chi connectivity index (χ0v) is 18.1. The second-order valence-corrected chi connectivity index (χ2v) is 8.55. The van der Waals surface area contributed by atoms with Crippen molar-refractivity contribution in [2.45, 2.75) is 39.3 Å². The van der Waals surface area contributed by atoms with Crippen LogP contribution in [0.3, 0.4) is 0 Å². The molecule has 31 heavy (non-hydrogen) atoms. The zero-order chi connectivity index (χ0) is 22.0. The number of hydrogen-bond acceptors (Lipinski definition) is 8. The van der Waals surface area contributed by atoms with Crippen molar-refractivity contribution in [3.05, 3.63) is 41.2 Å². The molecular formula is C21H22N6O3S. The number of hydrogen-bond donors (Lipinski definition) is 1. The van der Waals surface area contributed by atoms with Gasteiger partial charge in [0.25, 0.3) is 0 Å². The minimum Gasteiger partial charge on any atom is -0.490 e. The Hall–Kier alpha value is -3.29. The molecule has 0 radical (unpaired) electrons. The second-order valence-electron chi connectivity index (χ2n) is 7.59. The summed E-state index contributed by atoms with van der Waals surface area (Å²) >= 11 is 1.39.